The lowest BCUT2D eigenvalue weighted by Crippen LogP contribution is -2.47. The van der Waals surface area contributed by atoms with Gasteiger partial charge < -0.3 is 5.32 Å². The van der Waals surface area contributed by atoms with Gasteiger partial charge in [-0.05, 0) is 17.7 Å². The predicted molar refractivity (Wildman–Crippen MR) is 56.5 cm³/mol. The first kappa shape index (κ1) is 10.6. The molecule has 0 radical (unpaired) electrons. The average Bonchev–Trinajstić information content (AvgIpc) is 2.08. The maximum absolute atomic E-state index is 12.8. The van der Waals surface area contributed by atoms with Gasteiger partial charge in [-0.3, -0.25) is 4.79 Å². The van der Waals surface area contributed by atoms with Crippen LogP contribution in [0.4, 0.5) is 4.39 Å². The molecular weight excluding hydrogens is 217 g/mol. The van der Waals surface area contributed by atoms with E-state index in [1.165, 1.54) is 12.1 Å². The number of benzene rings is 1. The lowest BCUT2D eigenvalue weighted by molar-refractivity contribution is -0.123. The summed E-state index contributed by atoms with van der Waals surface area (Å²) in [5.74, 6) is -0.136. The molecule has 1 aromatic rings. The molecule has 1 aliphatic heterocycles. The van der Waals surface area contributed by atoms with E-state index >= 15 is 0 Å². The van der Waals surface area contributed by atoms with Crippen molar-refractivity contribution in [3.63, 3.8) is 0 Å². The van der Waals surface area contributed by atoms with Gasteiger partial charge in [-0.25, -0.2) is 4.39 Å². The molecule has 2 rings (SSSR count). The molecule has 0 aliphatic carbocycles. The Labute approximate surface area is 92.4 Å². The minimum absolute atomic E-state index is 0.0760. The van der Waals surface area contributed by atoms with Crippen LogP contribution in [0, 0.1) is 11.7 Å². The van der Waals surface area contributed by atoms with Gasteiger partial charge in [0.1, 0.15) is 11.6 Å². The van der Waals surface area contributed by atoms with Crippen LogP contribution in [0.2, 0.25) is 5.02 Å². The quantitative estimate of drug-likeness (QED) is 0.854. The molecule has 1 saturated heterocycles. The second kappa shape index (κ2) is 4.29. The second-order valence-electron chi connectivity index (χ2n) is 3.75. The van der Waals surface area contributed by atoms with E-state index in [0.29, 0.717) is 6.42 Å². The number of hydrogen-bond donors (Lipinski definition) is 1. The third kappa shape index (κ3) is 2.36. The third-order valence-electron chi connectivity index (χ3n) is 2.60. The van der Waals surface area contributed by atoms with Gasteiger partial charge in [-0.15, -0.1) is 0 Å². The summed E-state index contributed by atoms with van der Waals surface area (Å²) in [6, 6.07) is 4.41. The van der Waals surface area contributed by atoms with Gasteiger partial charge in [0.15, 0.2) is 0 Å². The van der Waals surface area contributed by atoms with Gasteiger partial charge in [-0.1, -0.05) is 17.7 Å². The minimum atomic E-state index is -0.446. The molecule has 0 amide bonds. The van der Waals surface area contributed by atoms with Crippen molar-refractivity contribution in [2.75, 3.05) is 13.1 Å². The van der Waals surface area contributed by atoms with Crippen LogP contribution in [0.15, 0.2) is 18.2 Å². The Morgan fingerprint density at radius 1 is 1.53 bits per heavy atom. The standard InChI is InChI=1S/C11H11ClFNO/c12-9-3-7(1-2-10(9)13)4-11(15)8-5-14-6-8/h1-3,8,14H,4-6H2. The fraction of sp³-hybridized carbons (Fsp3) is 0.364. The van der Waals surface area contributed by atoms with E-state index in [1.807, 2.05) is 0 Å². The van der Waals surface area contributed by atoms with Crippen molar-refractivity contribution in [3.05, 3.63) is 34.6 Å². The molecule has 1 aromatic carbocycles. The number of Topliss-reactive ketones (excluding diaryl/α,β-unsaturated/α-hetero) is 1. The van der Waals surface area contributed by atoms with Crippen LogP contribution in [0.25, 0.3) is 0 Å². The molecule has 1 aliphatic rings. The summed E-state index contributed by atoms with van der Waals surface area (Å²) in [4.78, 5) is 11.6. The monoisotopic (exact) mass is 227 g/mol. The summed E-state index contributed by atoms with van der Waals surface area (Å²) in [5.41, 5.74) is 0.776. The lowest BCUT2D eigenvalue weighted by atomic mass is 9.93. The molecular formula is C11H11ClFNO. The van der Waals surface area contributed by atoms with E-state index in [0.717, 1.165) is 18.7 Å². The first-order chi connectivity index (χ1) is 7.16. The van der Waals surface area contributed by atoms with E-state index in [2.05, 4.69) is 5.32 Å². The van der Waals surface area contributed by atoms with Crippen molar-refractivity contribution in [3.8, 4) is 0 Å². The van der Waals surface area contributed by atoms with Gasteiger partial charge >= 0.3 is 0 Å². The van der Waals surface area contributed by atoms with E-state index in [9.17, 15) is 9.18 Å². The van der Waals surface area contributed by atoms with Crippen molar-refractivity contribution in [1.82, 2.24) is 5.32 Å². The molecule has 2 nitrogen and oxygen atoms in total. The van der Waals surface area contributed by atoms with Crippen molar-refractivity contribution in [2.45, 2.75) is 6.42 Å². The number of carbonyl (C=O) groups is 1. The topological polar surface area (TPSA) is 29.1 Å². The van der Waals surface area contributed by atoms with E-state index in [4.69, 9.17) is 11.6 Å². The van der Waals surface area contributed by atoms with E-state index in [-0.39, 0.29) is 16.7 Å². The Morgan fingerprint density at radius 2 is 2.27 bits per heavy atom. The van der Waals surface area contributed by atoms with Crippen molar-refractivity contribution in [2.24, 2.45) is 5.92 Å². The Balaban J connectivity index is 2.03. The zero-order chi connectivity index (χ0) is 10.8. The fourth-order valence-electron chi connectivity index (χ4n) is 1.51. The van der Waals surface area contributed by atoms with Gasteiger partial charge in [0.2, 0.25) is 0 Å². The average molecular weight is 228 g/mol. The summed E-state index contributed by atoms with van der Waals surface area (Å²) in [5, 5.41) is 3.12. The van der Waals surface area contributed by atoms with Crippen LogP contribution in [0.3, 0.4) is 0 Å². The van der Waals surface area contributed by atoms with Crippen LogP contribution >= 0.6 is 11.6 Å². The number of ketones is 1. The summed E-state index contributed by atoms with van der Waals surface area (Å²) in [6.45, 7) is 1.52. The molecule has 0 aromatic heterocycles. The van der Waals surface area contributed by atoms with Crippen molar-refractivity contribution in [1.29, 1.82) is 0 Å². The van der Waals surface area contributed by atoms with Gasteiger partial charge in [0.05, 0.1) is 5.02 Å². The molecule has 80 valence electrons. The van der Waals surface area contributed by atoms with Gasteiger partial charge in [-0.2, -0.15) is 0 Å². The first-order valence-corrected chi connectivity index (χ1v) is 5.22. The molecule has 4 heteroatoms. The van der Waals surface area contributed by atoms with Crippen LogP contribution in [0.5, 0.6) is 0 Å². The highest BCUT2D eigenvalue weighted by Crippen LogP contribution is 2.18. The summed E-state index contributed by atoms with van der Waals surface area (Å²) in [6.07, 6.45) is 0.340. The second-order valence-corrected chi connectivity index (χ2v) is 4.15. The van der Waals surface area contributed by atoms with Crippen molar-refractivity contribution < 1.29 is 9.18 Å². The zero-order valence-electron chi connectivity index (χ0n) is 8.09. The number of hydrogen-bond acceptors (Lipinski definition) is 2. The molecule has 15 heavy (non-hydrogen) atoms. The lowest BCUT2D eigenvalue weighted by Gasteiger charge is -2.25. The highest BCUT2D eigenvalue weighted by atomic mass is 35.5. The summed E-state index contributed by atoms with van der Waals surface area (Å²) < 4.78 is 12.8. The molecule has 0 bridgehead atoms. The maximum Gasteiger partial charge on any atom is 0.142 e. The van der Waals surface area contributed by atoms with E-state index in [1.54, 1.807) is 6.07 Å². The molecule has 0 spiro atoms. The summed E-state index contributed by atoms with van der Waals surface area (Å²) >= 11 is 5.63. The highest BCUT2D eigenvalue weighted by molar-refractivity contribution is 6.30. The Morgan fingerprint density at radius 3 is 2.80 bits per heavy atom. The van der Waals surface area contributed by atoms with Gasteiger partial charge in [0.25, 0.3) is 0 Å². The number of rotatable bonds is 3. The number of halogens is 2. The van der Waals surface area contributed by atoms with Gasteiger partial charge in [0, 0.05) is 25.4 Å². The van der Waals surface area contributed by atoms with E-state index < -0.39 is 5.82 Å². The van der Waals surface area contributed by atoms with Crippen LogP contribution < -0.4 is 5.32 Å². The predicted octanol–water partition coefficient (Wildman–Crippen LogP) is 1.81. The SMILES string of the molecule is O=C(Cc1ccc(F)c(Cl)c1)C1CNC1. The third-order valence-corrected chi connectivity index (χ3v) is 2.89. The largest absolute Gasteiger partial charge is 0.315 e. The normalized spacial score (nSPS) is 16.1. The van der Waals surface area contributed by atoms with Crippen LogP contribution in [-0.2, 0) is 11.2 Å². The van der Waals surface area contributed by atoms with Crippen LogP contribution in [0.1, 0.15) is 5.56 Å². The van der Waals surface area contributed by atoms with Crippen molar-refractivity contribution >= 4 is 17.4 Å². The molecule has 0 atom stereocenters. The number of nitrogens with one attached hydrogen (secondary N) is 1. The highest BCUT2D eigenvalue weighted by Gasteiger charge is 2.24. The zero-order valence-corrected chi connectivity index (χ0v) is 8.85. The smallest absolute Gasteiger partial charge is 0.142 e. The number of carbonyl (C=O) groups excluding carboxylic acids is 1. The Hall–Kier alpha value is -0.930. The Bertz CT molecular complexity index is 390. The summed E-state index contributed by atoms with van der Waals surface area (Å²) in [7, 11) is 0. The molecule has 0 saturated carbocycles. The van der Waals surface area contributed by atoms with Crippen LogP contribution in [-0.4, -0.2) is 18.9 Å². The minimum Gasteiger partial charge on any atom is -0.315 e. The molecule has 0 unspecified atom stereocenters. The fourth-order valence-corrected chi connectivity index (χ4v) is 1.71. The maximum atomic E-state index is 12.8. The molecule has 1 N–H and O–H groups in total. The molecule has 1 heterocycles. The molecule has 1 fully saturated rings. The Kier molecular flexibility index (Phi) is 3.03. The first-order valence-electron chi connectivity index (χ1n) is 4.84.